The lowest BCUT2D eigenvalue weighted by atomic mass is 10.1. The van der Waals surface area contributed by atoms with Crippen LogP contribution >= 0.6 is 11.6 Å². The van der Waals surface area contributed by atoms with Crippen LogP contribution in [-0.2, 0) is 26.2 Å². The number of fused-ring (bicyclic) bond motifs is 1. The van der Waals surface area contributed by atoms with Crippen LogP contribution < -0.4 is 0 Å². The molecule has 3 heterocycles. The molecular formula is C32H34ClN3O5SSi. The summed E-state index contributed by atoms with van der Waals surface area (Å²) in [4.78, 5) is 17.8. The first kappa shape index (κ1) is 30.7. The minimum absolute atomic E-state index is 0.142. The standard InChI is InChI=1S/C32H34ClN3O5SSi/c1-22-11-12-26(28(33)19-22)30-27(32(37)40-2)20-29(35(30)21-41-17-18-43(3,4)5)24-13-15-34-31-25(24)14-16-36(31)42(38,39)23-9-7-6-8-10-23/h6-16,19-20H,17-18,21H2,1-5H3. The fourth-order valence-corrected chi connectivity index (χ4v) is 7.35. The smallest absolute Gasteiger partial charge is 0.340 e. The number of halogens is 1. The van der Waals surface area contributed by atoms with Gasteiger partial charge in [0.05, 0.1) is 34.0 Å². The molecule has 0 unspecified atom stereocenters. The van der Waals surface area contributed by atoms with E-state index in [0.29, 0.717) is 45.1 Å². The van der Waals surface area contributed by atoms with Gasteiger partial charge in [-0.15, -0.1) is 0 Å². The number of carbonyl (C=O) groups is 1. The van der Waals surface area contributed by atoms with Crippen molar-refractivity contribution >= 4 is 46.7 Å². The molecule has 5 aromatic rings. The van der Waals surface area contributed by atoms with Crippen LogP contribution in [0.1, 0.15) is 15.9 Å². The minimum Gasteiger partial charge on any atom is -0.465 e. The summed E-state index contributed by atoms with van der Waals surface area (Å²) in [5.74, 6) is -0.525. The predicted molar refractivity (Wildman–Crippen MR) is 173 cm³/mol. The number of esters is 1. The van der Waals surface area contributed by atoms with Crippen molar-refractivity contribution in [2.75, 3.05) is 13.7 Å². The summed E-state index contributed by atoms with van der Waals surface area (Å²) in [7, 11) is -3.93. The van der Waals surface area contributed by atoms with E-state index in [1.165, 1.54) is 17.3 Å². The summed E-state index contributed by atoms with van der Waals surface area (Å²) in [6.07, 6.45) is 3.06. The Labute approximate surface area is 257 Å². The number of nitrogens with zero attached hydrogens (tertiary/aromatic N) is 3. The first-order chi connectivity index (χ1) is 20.4. The zero-order valence-electron chi connectivity index (χ0n) is 24.8. The number of rotatable bonds is 10. The van der Waals surface area contributed by atoms with Crippen molar-refractivity contribution in [1.29, 1.82) is 0 Å². The number of hydrogen-bond acceptors (Lipinski definition) is 6. The second kappa shape index (κ2) is 12.1. The van der Waals surface area contributed by atoms with Gasteiger partial charge in [-0.05, 0) is 54.9 Å². The topological polar surface area (TPSA) is 92.4 Å². The fraction of sp³-hybridized carbons (Fsp3) is 0.250. The molecule has 224 valence electrons. The number of ether oxygens (including phenoxy) is 2. The third-order valence-electron chi connectivity index (χ3n) is 7.23. The number of methoxy groups -OCH3 is 1. The lowest BCUT2D eigenvalue weighted by Crippen LogP contribution is -2.22. The van der Waals surface area contributed by atoms with Crippen molar-refractivity contribution in [2.24, 2.45) is 0 Å². The molecule has 11 heteroatoms. The van der Waals surface area contributed by atoms with E-state index < -0.39 is 24.1 Å². The molecule has 0 N–H and O–H groups in total. The van der Waals surface area contributed by atoms with Gasteiger partial charge < -0.3 is 14.0 Å². The van der Waals surface area contributed by atoms with Crippen molar-refractivity contribution in [3.63, 3.8) is 0 Å². The Hall–Kier alpha value is -3.70. The van der Waals surface area contributed by atoms with E-state index in [0.717, 1.165) is 11.6 Å². The Bertz CT molecular complexity index is 1910. The highest BCUT2D eigenvalue weighted by Gasteiger charge is 2.27. The Kier molecular flexibility index (Phi) is 8.67. The van der Waals surface area contributed by atoms with Gasteiger partial charge in [-0.1, -0.05) is 61.6 Å². The monoisotopic (exact) mass is 635 g/mol. The van der Waals surface area contributed by atoms with E-state index in [1.54, 1.807) is 54.7 Å². The van der Waals surface area contributed by atoms with E-state index in [1.807, 2.05) is 29.7 Å². The lowest BCUT2D eigenvalue weighted by Gasteiger charge is -2.19. The van der Waals surface area contributed by atoms with Gasteiger partial charge in [-0.25, -0.2) is 22.2 Å². The van der Waals surface area contributed by atoms with Crippen molar-refractivity contribution in [1.82, 2.24) is 13.5 Å². The molecule has 0 saturated heterocycles. The molecule has 43 heavy (non-hydrogen) atoms. The van der Waals surface area contributed by atoms with E-state index >= 15 is 0 Å². The van der Waals surface area contributed by atoms with Gasteiger partial charge >= 0.3 is 5.97 Å². The van der Waals surface area contributed by atoms with Crippen LogP contribution in [0.5, 0.6) is 0 Å². The van der Waals surface area contributed by atoms with Gasteiger partial charge in [0.2, 0.25) is 0 Å². The Balaban J connectivity index is 1.73. The van der Waals surface area contributed by atoms with Crippen LogP contribution in [0.2, 0.25) is 30.7 Å². The molecule has 2 aromatic carbocycles. The minimum atomic E-state index is -3.90. The summed E-state index contributed by atoms with van der Waals surface area (Å²) in [5, 5.41) is 1.08. The molecule has 0 fully saturated rings. The molecule has 0 radical (unpaired) electrons. The zero-order valence-corrected chi connectivity index (χ0v) is 27.4. The average Bonchev–Trinajstić information content (AvgIpc) is 3.57. The highest BCUT2D eigenvalue weighted by molar-refractivity contribution is 7.90. The van der Waals surface area contributed by atoms with E-state index in [2.05, 4.69) is 24.6 Å². The Morgan fingerprint density at radius 2 is 1.74 bits per heavy atom. The molecule has 0 saturated carbocycles. The maximum Gasteiger partial charge on any atom is 0.340 e. The first-order valence-corrected chi connectivity index (χ1v) is 19.4. The van der Waals surface area contributed by atoms with Crippen LogP contribution in [0.4, 0.5) is 0 Å². The highest BCUT2D eigenvalue weighted by Crippen LogP contribution is 2.39. The third-order valence-corrected chi connectivity index (χ3v) is 10.9. The summed E-state index contributed by atoms with van der Waals surface area (Å²) in [6.45, 7) is 9.50. The number of pyridine rings is 1. The van der Waals surface area contributed by atoms with Crippen molar-refractivity contribution in [3.8, 4) is 22.5 Å². The molecule has 0 amide bonds. The van der Waals surface area contributed by atoms with Crippen molar-refractivity contribution < 1.29 is 22.7 Å². The van der Waals surface area contributed by atoms with Crippen LogP contribution in [0.3, 0.4) is 0 Å². The van der Waals surface area contributed by atoms with E-state index in [4.69, 9.17) is 21.1 Å². The summed E-state index contributed by atoms with van der Waals surface area (Å²) < 4.78 is 41.6. The summed E-state index contributed by atoms with van der Waals surface area (Å²) in [5.41, 5.74) is 4.10. The summed E-state index contributed by atoms with van der Waals surface area (Å²) >= 11 is 6.76. The van der Waals surface area contributed by atoms with Gasteiger partial charge in [-0.2, -0.15) is 0 Å². The molecular weight excluding hydrogens is 602 g/mol. The largest absolute Gasteiger partial charge is 0.465 e. The molecule has 0 bridgehead atoms. The van der Waals surface area contributed by atoms with Crippen LogP contribution in [0.25, 0.3) is 33.5 Å². The van der Waals surface area contributed by atoms with Crippen molar-refractivity contribution in [3.05, 3.63) is 95.3 Å². The van der Waals surface area contributed by atoms with E-state index in [9.17, 15) is 13.2 Å². The number of benzene rings is 2. The number of aryl methyl sites for hydroxylation is 1. The SMILES string of the molecule is COC(=O)c1cc(-c2ccnc3c2ccn3S(=O)(=O)c2ccccc2)n(COCC[Si](C)(C)C)c1-c1ccc(C)cc1Cl. The first-order valence-electron chi connectivity index (χ1n) is 13.9. The molecule has 8 nitrogen and oxygen atoms in total. The Morgan fingerprint density at radius 1 is 1.00 bits per heavy atom. The molecule has 0 aliphatic rings. The quantitative estimate of drug-likeness (QED) is 0.0898. The number of aromatic nitrogens is 3. The molecule has 5 rings (SSSR count). The second-order valence-corrected chi connectivity index (χ2v) is 19.4. The fourth-order valence-electron chi connectivity index (χ4n) is 4.95. The van der Waals surface area contributed by atoms with Crippen LogP contribution in [-0.4, -0.2) is 49.7 Å². The Morgan fingerprint density at radius 3 is 2.42 bits per heavy atom. The van der Waals surface area contributed by atoms with Gasteiger partial charge in [-0.3, -0.25) is 0 Å². The summed E-state index contributed by atoms with van der Waals surface area (Å²) in [6, 6.07) is 20.1. The molecule has 0 aliphatic heterocycles. The van der Waals surface area contributed by atoms with Crippen molar-refractivity contribution in [2.45, 2.75) is 44.2 Å². The average molecular weight is 636 g/mol. The van der Waals surface area contributed by atoms with Gasteiger partial charge in [0.15, 0.2) is 5.65 Å². The van der Waals surface area contributed by atoms with E-state index in [-0.39, 0.29) is 17.3 Å². The number of carbonyl (C=O) groups excluding carboxylic acids is 1. The predicted octanol–water partition coefficient (Wildman–Crippen LogP) is 7.47. The highest BCUT2D eigenvalue weighted by atomic mass is 35.5. The van der Waals surface area contributed by atoms with Gasteiger partial charge in [0.25, 0.3) is 10.0 Å². The molecule has 0 atom stereocenters. The molecule has 0 aliphatic carbocycles. The van der Waals surface area contributed by atoms with Crippen LogP contribution in [0, 0.1) is 6.92 Å². The number of hydrogen-bond donors (Lipinski definition) is 0. The molecule has 3 aromatic heterocycles. The maximum absolute atomic E-state index is 13.5. The van der Waals surface area contributed by atoms with Gasteiger partial charge in [0, 0.05) is 43.6 Å². The maximum atomic E-state index is 13.5. The molecule has 0 spiro atoms. The zero-order chi connectivity index (χ0) is 30.9. The lowest BCUT2D eigenvalue weighted by molar-refractivity contribution is 0.0600. The normalized spacial score (nSPS) is 12.1. The third kappa shape index (κ3) is 6.19. The van der Waals surface area contributed by atoms with Crippen LogP contribution in [0.15, 0.2) is 84.0 Å². The second-order valence-electron chi connectivity index (χ2n) is 11.6. The van der Waals surface area contributed by atoms with Gasteiger partial charge in [0.1, 0.15) is 6.73 Å².